The van der Waals surface area contributed by atoms with Crippen LogP contribution in [0.25, 0.3) is 0 Å². The second-order valence-corrected chi connectivity index (χ2v) is 8.63. The summed E-state index contributed by atoms with van der Waals surface area (Å²) in [6.45, 7) is 0.482. The summed E-state index contributed by atoms with van der Waals surface area (Å²) >= 11 is 0. The van der Waals surface area contributed by atoms with Crippen LogP contribution in [0.1, 0.15) is 12.0 Å². The number of carbonyl (C=O) groups excluding carboxylic acids is 1. The van der Waals surface area contributed by atoms with Gasteiger partial charge in [0.15, 0.2) is 15.8 Å². The van der Waals surface area contributed by atoms with Crippen molar-refractivity contribution in [1.29, 1.82) is 0 Å². The van der Waals surface area contributed by atoms with Crippen LogP contribution in [0.2, 0.25) is 0 Å². The lowest BCUT2D eigenvalue weighted by Gasteiger charge is -2.18. The molecule has 2 rings (SSSR count). The number of methoxy groups -OCH3 is 1. The lowest BCUT2D eigenvalue weighted by atomic mass is 10.2. The summed E-state index contributed by atoms with van der Waals surface area (Å²) in [5.41, 5.74) is 0.977. The number of rotatable bonds is 6. The topological polar surface area (TPSA) is 100 Å². The zero-order valence-electron chi connectivity index (χ0n) is 15.4. The number of benzene rings is 1. The molecule has 1 heterocycles. The molecule has 0 bridgehead atoms. The molecule has 1 fully saturated rings. The second-order valence-electron chi connectivity index (χ2n) is 6.40. The average Bonchev–Trinajstić information content (AvgIpc) is 2.95. The van der Waals surface area contributed by atoms with Gasteiger partial charge in [-0.15, -0.1) is 0 Å². The van der Waals surface area contributed by atoms with E-state index < -0.39 is 9.84 Å². The molecule has 1 amide bonds. The molecule has 0 radical (unpaired) electrons. The fourth-order valence-corrected chi connectivity index (χ4v) is 4.15. The average molecular weight is 382 g/mol. The van der Waals surface area contributed by atoms with Crippen molar-refractivity contribution in [1.82, 2.24) is 15.5 Å². The molecule has 1 unspecified atom stereocenters. The van der Waals surface area contributed by atoms with Gasteiger partial charge in [0.05, 0.1) is 31.7 Å². The summed E-state index contributed by atoms with van der Waals surface area (Å²) in [6, 6.07) is 7.32. The quantitative estimate of drug-likeness (QED) is 0.531. The number of amides is 1. The molecule has 0 aliphatic carbocycles. The molecular weight excluding hydrogens is 356 g/mol. The van der Waals surface area contributed by atoms with Gasteiger partial charge in [0.25, 0.3) is 0 Å². The van der Waals surface area contributed by atoms with Crippen molar-refractivity contribution in [2.75, 3.05) is 39.3 Å². The van der Waals surface area contributed by atoms with Crippen molar-refractivity contribution in [2.45, 2.75) is 19.0 Å². The van der Waals surface area contributed by atoms with E-state index in [1.165, 1.54) is 4.90 Å². The van der Waals surface area contributed by atoms with Gasteiger partial charge in [-0.05, 0) is 24.1 Å². The van der Waals surface area contributed by atoms with Crippen molar-refractivity contribution in [2.24, 2.45) is 4.99 Å². The number of nitrogens with zero attached hydrogens (tertiary/aromatic N) is 2. The van der Waals surface area contributed by atoms with Gasteiger partial charge in [-0.1, -0.05) is 12.1 Å². The molecule has 1 aliphatic heterocycles. The summed E-state index contributed by atoms with van der Waals surface area (Å²) in [5, 5.41) is 6.10. The Morgan fingerprint density at radius 3 is 2.54 bits per heavy atom. The normalized spacial score (nSPS) is 19.0. The van der Waals surface area contributed by atoms with Gasteiger partial charge < -0.3 is 20.3 Å². The maximum absolute atomic E-state index is 11.8. The van der Waals surface area contributed by atoms with Gasteiger partial charge in [0.2, 0.25) is 5.91 Å². The highest BCUT2D eigenvalue weighted by atomic mass is 32.2. The van der Waals surface area contributed by atoms with Crippen LogP contribution in [0.5, 0.6) is 5.75 Å². The first-order valence-electron chi connectivity index (χ1n) is 8.37. The fourth-order valence-electron chi connectivity index (χ4n) is 2.47. The lowest BCUT2D eigenvalue weighted by Crippen LogP contribution is -2.47. The van der Waals surface area contributed by atoms with E-state index in [0.29, 0.717) is 18.9 Å². The first-order chi connectivity index (χ1) is 12.3. The Morgan fingerprint density at radius 2 is 2.00 bits per heavy atom. The van der Waals surface area contributed by atoms with E-state index in [1.807, 2.05) is 24.3 Å². The predicted molar refractivity (Wildman–Crippen MR) is 101 cm³/mol. The zero-order valence-corrected chi connectivity index (χ0v) is 16.2. The highest BCUT2D eigenvalue weighted by Gasteiger charge is 2.28. The van der Waals surface area contributed by atoms with E-state index >= 15 is 0 Å². The maximum atomic E-state index is 11.8. The predicted octanol–water partition coefficient (Wildman–Crippen LogP) is 0.00570. The molecule has 0 spiro atoms. The summed E-state index contributed by atoms with van der Waals surface area (Å²) < 4.78 is 28.4. The van der Waals surface area contributed by atoms with Crippen molar-refractivity contribution in [3.05, 3.63) is 29.8 Å². The first-order valence-corrected chi connectivity index (χ1v) is 10.2. The first kappa shape index (κ1) is 20.0. The van der Waals surface area contributed by atoms with Crippen LogP contribution < -0.4 is 15.4 Å². The molecule has 1 aliphatic rings. The van der Waals surface area contributed by atoms with E-state index in [2.05, 4.69) is 15.6 Å². The van der Waals surface area contributed by atoms with Crippen LogP contribution in [0, 0.1) is 0 Å². The van der Waals surface area contributed by atoms with Crippen molar-refractivity contribution in [3.63, 3.8) is 0 Å². The fraction of sp³-hybridized carbons (Fsp3) is 0.529. The minimum atomic E-state index is -2.99. The highest BCUT2D eigenvalue weighted by Crippen LogP contribution is 2.13. The third kappa shape index (κ3) is 6.21. The lowest BCUT2D eigenvalue weighted by molar-refractivity contribution is -0.127. The van der Waals surface area contributed by atoms with Crippen molar-refractivity contribution >= 4 is 21.7 Å². The van der Waals surface area contributed by atoms with Crippen LogP contribution >= 0.6 is 0 Å². The molecule has 26 heavy (non-hydrogen) atoms. The molecule has 1 aromatic carbocycles. The summed E-state index contributed by atoms with van der Waals surface area (Å²) in [4.78, 5) is 17.8. The van der Waals surface area contributed by atoms with E-state index in [9.17, 15) is 13.2 Å². The highest BCUT2D eigenvalue weighted by molar-refractivity contribution is 7.91. The van der Waals surface area contributed by atoms with Gasteiger partial charge in [-0.25, -0.2) is 13.4 Å². The van der Waals surface area contributed by atoms with Crippen LogP contribution in [-0.4, -0.2) is 70.5 Å². The SMILES string of the molecule is COc1ccc(CN=C(NCC(=O)N(C)C)NC2CCS(=O)(=O)C2)cc1. The van der Waals surface area contributed by atoms with Gasteiger partial charge in [0, 0.05) is 20.1 Å². The summed E-state index contributed by atoms with van der Waals surface area (Å²) in [7, 11) is 1.96. The maximum Gasteiger partial charge on any atom is 0.241 e. The molecule has 0 saturated carbocycles. The Bertz CT molecular complexity index is 745. The molecule has 9 heteroatoms. The number of ether oxygens (including phenoxy) is 1. The Labute approximate surface area is 154 Å². The van der Waals surface area contributed by atoms with Crippen LogP contribution in [-0.2, 0) is 21.2 Å². The van der Waals surface area contributed by atoms with E-state index in [0.717, 1.165) is 11.3 Å². The largest absolute Gasteiger partial charge is 0.497 e. The summed E-state index contributed by atoms with van der Waals surface area (Å²) in [6.07, 6.45) is 0.535. The third-order valence-electron chi connectivity index (χ3n) is 4.06. The molecule has 144 valence electrons. The van der Waals surface area contributed by atoms with Gasteiger partial charge >= 0.3 is 0 Å². The van der Waals surface area contributed by atoms with Crippen LogP contribution in [0.15, 0.2) is 29.3 Å². The molecule has 2 N–H and O–H groups in total. The Kier molecular flexibility index (Phi) is 6.84. The monoisotopic (exact) mass is 382 g/mol. The summed E-state index contributed by atoms with van der Waals surface area (Å²) in [5.74, 6) is 1.35. The van der Waals surface area contributed by atoms with Crippen molar-refractivity contribution in [3.8, 4) is 5.75 Å². The zero-order chi connectivity index (χ0) is 19.2. The Hall–Kier alpha value is -2.29. The van der Waals surface area contributed by atoms with E-state index in [-0.39, 0.29) is 30.0 Å². The van der Waals surface area contributed by atoms with E-state index in [4.69, 9.17) is 4.74 Å². The molecule has 8 nitrogen and oxygen atoms in total. The molecule has 1 atom stereocenters. The Morgan fingerprint density at radius 1 is 1.31 bits per heavy atom. The smallest absolute Gasteiger partial charge is 0.241 e. The van der Waals surface area contributed by atoms with E-state index in [1.54, 1.807) is 21.2 Å². The number of aliphatic imine (C=N–C) groups is 1. The van der Waals surface area contributed by atoms with Crippen LogP contribution in [0.3, 0.4) is 0 Å². The standard InChI is InChI=1S/C17H26N4O4S/c1-21(2)16(22)11-19-17(20-14-8-9-26(23,24)12-14)18-10-13-4-6-15(25-3)7-5-13/h4-7,14H,8-12H2,1-3H3,(H2,18,19,20). The molecule has 0 aromatic heterocycles. The number of sulfone groups is 1. The Balaban J connectivity index is 2.03. The molecular formula is C17H26N4O4S. The third-order valence-corrected chi connectivity index (χ3v) is 5.83. The van der Waals surface area contributed by atoms with Gasteiger partial charge in [0.1, 0.15) is 5.75 Å². The van der Waals surface area contributed by atoms with Gasteiger partial charge in [-0.3, -0.25) is 4.79 Å². The number of likely N-dealkylation sites (N-methyl/N-ethyl adjacent to an activating group) is 1. The molecule has 1 saturated heterocycles. The number of carbonyl (C=O) groups is 1. The minimum Gasteiger partial charge on any atom is -0.497 e. The van der Waals surface area contributed by atoms with Crippen LogP contribution in [0.4, 0.5) is 0 Å². The number of hydrogen-bond acceptors (Lipinski definition) is 5. The molecule has 1 aromatic rings. The number of nitrogens with one attached hydrogen (secondary N) is 2. The minimum absolute atomic E-state index is 0.0812. The number of hydrogen-bond donors (Lipinski definition) is 2. The number of guanidine groups is 1. The van der Waals surface area contributed by atoms with Gasteiger partial charge in [-0.2, -0.15) is 0 Å². The second kappa shape index (κ2) is 8.88. The van der Waals surface area contributed by atoms with Crippen molar-refractivity contribution < 1.29 is 17.9 Å².